The number of carbonyl (C=O) groups excluding carboxylic acids is 2. The zero-order valence-corrected chi connectivity index (χ0v) is 42.9. The lowest BCUT2D eigenvalue weighted by Crippen LogP contribution is -2.15. The molecule has 9 rings (SSSR count). The fraction of sp³-hybridized carbons (Fsp3) is 0.318. The predicted molar refractivity (Wildman–Crippen MR) is 291 cm³/mol. The highest BCUT2D eigenvalue weighted by molar-refractivity contribution is 5.92. The van der Waals surface area contributed by atoms with Crippen LogP contribution in [0.5, 0.6) is 5.75 Å². The molecule has 374 valence electrons. The van der Waals surface area contributed by atoms with Gasteiger partial charge in [-0.1, -0.05) is 187 Å². The standard InChI is InChI=1S/C35H42O4.C31H27NO2/c1-25-8-14-28(15-9-25)30-18-12-27(13-19-30)24-37-39-35(33-6-4-3-5-7-33)38-34(36)32-22-20-31(21-23-32)29-16-10-26(2)11-17-29;1-3-22(2)20-23-4-8-25(9-5-23)27-12-14-29(15-13-27)31(33)34-30-18-16-28(17-19-30)26-10-6-24(21-32)7-11-26/h3-7,12-13,18-23,25-26,28-29,35H,8-11,14-17,24H2,1-2H3;4-19,22H,3,20H2,1-2H3. The number of ether oxygens (including phenoxy) is 2. The van der Waals surface area contributed by atoms with Crippen LogP contribution in [0.25, 0.3) is 22.3 Å². The Hall–Kier alpha value is -7.11. The summed E-state index contributed by atoms with van der Waals surface area (Å²) in [6.45, 7) is 9.45. The number of nitrogens with zero attached hydrogens (tertiary/aromatic N) is 1. The molecular weight excluding hydrogens is 903 g/mol. The van der Waals surface area contributed by atoms with Gasteiger partial charge in [-0.3, -0.25) is 0 Å². The Morgan fingerprint density at radius 1 is 0.548 bits per heavy atom. The van der Waals surface area contributed by atoms with Gasteiger partial charge >= 0.3 is 11.9 Å². The lowest BCUT2D eigenvalue weighted by Gasteiger charge is -2.26. The van der Waals surface area contributed by atoms with Gasteiger partial charge in [0.2, 0.25) is 0 Å². The van der Waals surface area contributed by atoms with E-state index in [-0.39, 0.29) is 12.6 Å². The van der Waals surface area contributed by atoms with Crippen LogP contribution < -0.4 is 4.74 Å². The summed E-state index contributed by atoms with van der Waals surface area (Å²) >= 11 is 0. The summed E-state index contributed by atoms with van der Waals surface area (Å²) in [7, 11) is 0. The molecule has 0 radical (unpaired) electrons. The minimum absolute atomic E-state index is 0.275. The molecule has 0 bridgehead atoms. The van der Waals surface area contributed by atoms with E-state index in [1.807, 2.05) is 78.9 Å². The van der Waals surface area contributed by atoms with Gasteiger partial charge in [-0.05, 0) is 155 Å². The van der Waals surface area contributed by atoms with Crippen molar-refractivity contribution in [2.45, 2.75) is 117 Å². The van der Waals surface area contributed by atoms with Crippen molar-refractivity contribution in [1.82, 2.24) is 0 Å². The molecule has 0 saturated heterocycles. The Kier molecular flexibility index (Phi) is 18.6. The molecule has 0 N–H and O–H groups in total. The molecule has 2 fully saturated rings. The minimum atomic E-state index is -0.957. The molecule has 7 heteroatoms. The fourth-order valence-electron chi connectivity index (χ4n) is 9.84. The number of esters is 2. The fourth-order valence-corrected chi connectivity index (χ4v) is 9.84. The average molecular weight is 972 g/mol. The first-order chi connectivity index (χ1) is 35.6. The second-order valence-corrected chi connectivity index (χ2v) is 20.4. The van der Waals surface area contributed by atoms with E-state index in [2.05, 4.69) is 94.4 Å². The van der Waals surface area contributed by atoms with Crippen LogP contribution in [0.1, 0.15) is 158 Å². The summed E-state index contributed by atoms with van der Waals surface area (Å²) in [6.07, 6.45) is 11.5. The van der Waals surface area contributed by atoms with Crippen LogP contribution >= 0.6 is 0 Å². The van der Waals surface area contributed by atoms with E-state index in [0.29, 0.717) is 40.2 Å². The number of carbonyl (C=O) groups is 2. The lowest BCUT2D eigenvalue weighted by molar-refractivity contribution is -0.379. The maximum Gasteiger partial charge on any atom is 0.343 e. The smallest absolute Gasteiger partial charge is 0.343 e. The highest BCUT2D eigenvalue weighted by Crippen LogP contribution is 2.37. The molecule has 2 atom stereocenters. The first kappa shape index (κ1) is 52.2. The van der Waals surface area contributed by atoms with E-state index >= 15 is 0 Å². The summed E-state index contributed by atoms with van der Waals surface area (Å²) in [6, 6.07) is 59.0. The van der Waals surface area contributed by atoms with Crippen molar-refractivity contribution in [3.63, 3.8) is 0 Å². The van der Waals surface area contributed by atoms with Crippen molar-refractivity contribution in [3.05, 3.63) is 220 Å². The largest absolute Gasteiger partial charge is 0.425 e. The van der Waals surface area contributed by atoms with Crippen molar-refractivity contribution < 1.29 is 28.8 Å². The van der Waals surface area contributed by atoms with E-state index in [1.54, 1.807) is 36.4 Å². The zero-order chi connectivity index (χ0) is 50.9. The van der Waals surface area contributed by atoms with Crippen LogP contribution in [0.3, 0.4) is 0 Å². The van der Waals surface area contributed by atoms with Crippen LogP contribution in [0.2, 0.25) is 0 Å². The number of hydrogen-bond donors (Lipinski definition) is 0. The molecular formula is C66H69NO6. The molecule has 0 heterocycles. The first-order valence-corrected chi connectivity index (χ1v) is 26.4. The maximum atomic E-state index is 13.0. The van der Waals surface area contributed by atoms with Crippen molar-refractivity contribution >= 4 is 11.9 Å². The second-order valence-electron chi connectivity index (χ2n) is 20.4. The van der Waals surface area contributed by atoms with Crippen molar-refractivity contribution in [2.24, 2.45) is 17.8 Å². The third kappa shape index (κ3) is 15.0. The molecule has 0 aromatic heterocycles. The zero-order valence-electron chi connectivity index (χ0n) is 42.9. The molecule has 0 aliphatic heterocycles. The summed E-state index contributed by atoms with van der Waals surface area (Å²) in [5.41, 5.74) is 11.6. The predicted octanol–water partition coefficient (Wildman–Crippen LogP) is 17.0. The number of hydrogen-bond acceptors (Lipinski definition) is 7. The van der Waals surface area contributed by atoms with Gasteiger partial charge in [-0.25, -0.2) is 14.5 Å². The van der Waals surface area contributed by atoms with Crippen LogP contribution in [0, 0.1) is 29.1 Å². The molecule has 0 spiro atoms. The number of nitriles is 1. The van der Waals surface area contributed by atoms with Gasteiger partial charge in [0.25, 0.3) is 6.29 Å². The van der Waals surface area contributed by atoms with Gasteiger partial charge in [-0.2, -0.15) is 10.1 Å². The van der Waals surface area contributed by atoms with E-state index < -0.39 is 12.3 Å². The summed E-state index contributed by atoms with van der Waals surface area (Å²) in [4.78, 5) is 36.9. The summed E-state index contributed by atoms with van der Waals surface area (Å²) in [5, 5.41) is 8.93. The number of benzene rings is 7. The Morgan fingerprint density at radius 3 is 1.52 bits per heavy atom. The Bertz CT molecular complexity index is 2840. The van der Waals surface area contributed by atoms with E-state index in [9.17, 15) is 9.59 Å². The monoisotopic (exact) mass is 972 g/mol. The third-order valence-corrected chi connectivity index (χ3v) is 14.9. The summed E-state index contributed by atoms with van der Waals surface area (Å²) < 4.78 is 11.3. The summed E-state index contributed by atoms with van der Waals surface area (Å²) in [5.74, 6) is 3.27. The first-order valence-electron chi connectivity index (χ1n) is 26.4. The Labute approximate surface area is 433 Å². The Balaban J connectivity index is 0.000000197. The van der Waals surface area contributed by atoms with Gasteiger partial charge in [0.15, 0.2) is 0 Å². The Morgan fingerprint density at radius 2 is 1.00 bits per heavy atom. The molecule has 7 nitrogen and oxygen atoms in total. The highest BCUT2D eigenvalue weighted by Gasteiger charge is 2.23. The van der Waals surface area contributed by atoms with Crippen molar-refractivity contribution in [3.8, 4) is 34.1 Å². The van der Waals surface area contributed by atoms with Gasteiger partial charge in [-0.15, -0.1) is 0 Å². The molecule has 2 aliphatic rings. The highest BCUT2D eigenvalue weighted by atomic mass is 17.2. The molecule has 0 amide bonds. The van der Waals surface area contributed by atoms with E-state index in [4.69, 9.17) is 24.5 Å². The van der Waals surface area contributed by atoms with Gasteiger partial charge in [0.1, 0.15) is 12.4 Å². The second kappa shape index (κ2) is 26.0. The molecule has 2 unspecified atom stereocenters. The maximum absolute atomic E-state index is 13.0. The van der Waals surface area contributed by atoms with Crippen LogP contribution in [0.4, 0.5) is 0 Å². The topological polar surface area (TPSA) is 94.8 Å². The van der Waals surface area contributed by atoms with Gasteiger partial charge in [0, 0.05) is 5.56 Å². The van der Waals surface area contributed by atoms with Crippen LogP contribution in [-0.2, 0) is 27.5 Å². The molecule has 2 aliphatic carbocycles. The van der Waals surface area contributed by atoms with E-state index in [0.717, 1.165) is 51.6 Å². The molecule has 2 saturated carbocycles. The lowest BCUT2D eigenvalue weighted by atomic mass is 9.79. The molecule has 73 heavy (non-hydrogen) atoms. The van der Waals surface area contributed by atoms with E-state index in [1.165, 1.54) is 74.5 Å². The SMILES string of the molecule is CC1CCC(c2ccc(COOC(OC(=O)c3ccc(C4CCC(C)CC4)cc3)c3ccccc3)cc2)CC1.CCC(C)Cc1ccc(-c2ccc(C(=O)Oc3ccc(-c4ccc(C#N)cc4)cc3)cc2)cc1. The minimum Gasteiger partial charge on any atom is -0.425 e. The average Bonchev–Trinajstić information content (AvgIpc) is 3.44. The normalized spacial score (nSPS) is 18.2. The quantitative estimate of drug-likeness (QED) is 0.0313. The van der Waals surface area contributed by atoms with Crippen molar-refractivity contribution in [2.75, 3.05) is 0 Å². The molecule has 7 aromatic rings. The van der Waals surface area contributed by atoms with Crippen LogP contribution in [0.15, 0.2) is 176 Å². The third-order valence-electron chi connectivity index (χ3n) is 14.9. The van der Waals surface area contributed by atoms with Crippen molar-refractivity contribution in [1.29, 1.82) is 5.26 Å². The molecule has 7 aromatic carbocycles. The number of rotatable bonds is 16. The van der Waals surface area contributed by atoms with Gasteiger partial charge < -0.3 is 9.47 Å². The van der Waals surface area contributed by atoms with Gasteiger partial charge in [0.05, 0.1) is 22.8 Å². The van der Waals surface area contributed by atoms with Crippen LogP contribution in [-0.4, -0.2) is 11.9 Å².